The molecule has 0 spiro atoms. The number of hydrogen-bond donors (Lipinski definition) is 0. The molecule has 0 aliphatic carbocycles. The average molecular weight is 336 g/mol. The normalized spacial score (nSPS) is 19.0. The standard InChI is InChI=1S/C17H18ClNO2S/c18-14-5-2-1-4-13(14)12-17(20)19-8-7-16(22-11-9-19)15-6-3-10-21-15/h1-6,10,16H,7-9,11-12H2/t16-/m1/s1. The molecule has 1 amide bonds. The van der Waals surface area contributed by atoms with Crippen molar-refractivity contribution in [2.24, 2.45) is 0 Å². The molecule has 3 rings (SSSR count). The minimum Gasteiger partial charge on any atom is -0.468 e. The Morgan fingerprint density at radius 1 is 1.27 bits per heavy atom. The Morgan fingerprint density at radius 3 is 2.91 bits per heavy atom. The van der Waals surface area contributed by atoms with Crippen LogP contribution >= 0.6 is 23.4 Å². The monoisotopic (exact) mass is 335 g/mol. The first-order valence-electron chi connectivity index (χ1n) is 7.40. The van der Waals surface area contributed by atoms with E-state index in [0.29, 0.717) is 16.7 Å². The molecule has 0 unspecified atom stereocenters. The molecule has 1 fully saturated rings. The number of rotatable bonds is 3. The number of thioether (sulfide) groups is 1. The van der Waals surface area contributed by atoms with Crippen molar-refractivity contribution >= 4 is 29.3 Å². The first-order valence-corrected chi connectivity index (χ1v) is 8.83. The zero-order chi connectivity index (χ0) is 15.4. The fourth-order valence-corrected chi connectivity index (χ4v) is 4.02. The fourth-order valence-electron chi connectivity index (χ4n) is 2.64. The lowest BCUT2D eigenvalue weighted by Crippen LogP contribution is -2.34. The summed E-state index contributed by atoms with van der Waals surface area (Å²) in [5, 5.41) is 1.00. The third-order valence-corrected chi connectivity index (χ3v) is 5.51. The van der Waals surface area contributed by atoms with Gasteiger partial charge in [0.1, 0.15) is 5.76 Å². The molecular weight excluding hydrogens is 318 g/mol. The minimum absolute atomic E-state index is 0.147. The minimum atomic E-state index is 0.147. The van der Waals surface area contributed by atoms with Crippen molar-refractivity contribution in [3.63, 3.8) is 0 Å². The Hall–Kier alpha value is -1.39. The lowest BCUT2D eigenvalue weighted by molar-refractivity contribution is -0.130. The second kappa shape index (κ2) is 7.25. The molecule has 0 bridgehead atoms. The van der Waals surface area contributed by atoms with Gasteiger partial charge in [0, 0.05) is 23.9 Å². The molecule has 0 saturated carbocycles. The molecule has 1 atom stereocenters. The number of halogens is 1. The van der Waals surface area contributed by atoms with Crippen LogP contribution in [0.15, 0.2) is 47.1 Å². The van der Waals surface area contributed by atoms with E-state index in [2.05, 4.69) is 0 Å². The Labute approximate surface area is 139 Å². The van der Waals surface area contributed by atoms with E-state index in [9.17, 15) is 4.79 Å². The number of furan rings is 1. The third kappa shape index (κ3) is 3.68. The van der Waals surface area contributed by atoms with E-state index in [-0.39, 0.29) is 5.91 Å². The first-order chi connectivity index (χ1) is 10.7. The second-order valence-corrected chi connectivity index (χ2v) is 7.03. The van der Waals surface area contributed by atoms with Crippen molar-refractivity contribution < 1.29 is 9.21 Å². The maximum absolute atomic E-state index is 12.5. The molecule has 1 aromatic carbocycles. The summed E-state index contributed by atoms with van der Waals surface area (Å²) in [6.45, 7) is 1.55. The number of amides is 1. The highest BCUT2D eigenvalue weighted by Gasteiger charge is 2.23. The first kappa shape index (κ1) is 15.5. The maximum atomic E-state index is 12.5. The van der Waals surface area contributed by atoms with Gasteiger partial charge in [0.25, 0.3) is 0 Å². The quantitative estimate of drug-likeness (QED) is 0.843. The van der Waals surface area contributed by atoms with Crippen molar-refractivity contribution in [1.82, 2.24) is 4.90 Å². The van der Waals surface area contributed by atoms with E-state index in [1.165, 1.54) is 0 Å². The van der Waals surface area contributed by atoms with Gasteiger partial charge in [0.05, 0.1) is 17.9 Å². The molecule has 0 radical (unpaired) electrons. The summed E-state index contributed by atoms with van der Waals surface area (Å²) in [7, 11) is 0. The third-order valence-electron chi connectivity index (χ3n) is 3.85. The van der Waals surface area contributed by atoms with Gasteiger partial charge in [-0.3, -0.25) is 4.79 Å². The van der Waals surface area contributed by atoms with E-state index in [0.717, 1.165) is 36.6 Å². The van der Waals surface area contributed by atoms with E-state index >= 15 is 0 Å². The van der Waals surface area contributed by atoms with Gasteiger partial charge in [0.2, 0.25) is 5.91 Å². The summed E-state index contributed by atoms with van der Waals surface area (Å²) in [5.41, 5.74) is 0.897. The van der Waals surface area contributed by atoms with Crippen molar-refractivity contribution in [2.45, 2.75) is 18.1 Å². The SMILES string of the molecule is O=C(Cc1ccccc1Cl)N1CCS[C@@H](c2ccco2)CC1. The maximum Gasteiger partial charge on any atom is 0.227 e. The zero-order valence-electron chi connectivity index (χ0n) is 12.2. The summed E-state index contributed by atoms with van der Waals surface area (Å²) in [6.07, 6.45) is 3.00. The van der Waals surface area contributed by atoms with Crippen LogP contribution in [-0.2, 0) is 11.2 Å². The molecule has 3 nitrogen and oxygen atoms in total. The highest BCUT2D eigenvalue weighted by atomic mass is 35.5. The van der Waals surface area contributed by atoms with Gasteiger partial charge in [-0.2, -0.15) is 0 Å². The highest BCUT2D eigenvalue weighted by Crippen LogP contribution is 2.34. The van der Waals surface area contributed by atoms with E-state index in [4.69, 9.17) is 16.0 Å². The molecule has 2 aromatic rings. The van der Waals surface area contributed by atoms with Crippen molar-refractivity contribution in [3.05, 3.63) is 59.0 Å². The Morgan fingerprint density at radius 2 is 2.14 bits per heavy atom. The molecule has 1 saturated heterocycles. The smallest absolute Gasteiger partial charge is 0.227 e. The van der Waals surface area contributed by atoms with Crippen LogP contribution < -0.4 is 0 Å². The molecule has 5 heteroatoms. The zero-order valence-corrected chi connectivity index (χ0v) is 13.8. The van der Waals surface area contributed by atoms with Gasteiger partial charge in [-0.05, 0) is 30.2 Å². The van der Waals surface area contributed by atoms with Crippen LogP contribution in [-0.4, -0.2) is 29.6 Å². The topological polar surface area (TPSA) is 33.5 Å². The van der Waals surface area contributed by atoms with Gasteiger partial charge in [-0.15, -0.1) is 11.8 Å². The number of carbonyl (C=O) groups excluding carboxylic acids is 1. The predicted octanol–water partition coefficient (Wildman–Crippen LogP) is 4.18. The number of hydrogen-bond acceptors (Lipinski definition) is 3. The van der Waals surface area contributed by atoms with Crippen LogP contribution in [0.25, 0.3) is 0 Å². The molecule has 1 aliphatic heterocycles. The second-order valence-electron chi connectivity index (χ2n) is 5.31. The number of carbonyl (C=O) groups is 1. The summed E-state index contributed by atoms with van der Waals surface area (Å²) < 4.78 is 5.49. The largest absolute Gasteiger partial charge is 0.468 e. The molecule has 116 valence electrons. The Balaban J connectivity index is 1.61. The van der Waals surface area contributed by atoms with Crippen molar-refractivity contribution in [1.29, 1.82) is 0 Å². The van der Waals surface area contributed by atoms with Gasteiger partial charge < -0.3 is 9.32 Å². The van der Waals surface area contributed by atoms with Gasteiger partial charge >= 0.3 is 0 Å². The summed E-state index contributed by atoms with van der Waals surface area (Å²) in [6, 6.07) is 11.5. The van der Waals surface area contributed by atoms with E-state index in [1.54, 1.807) is 6.26 Å². The van der Waals surface area contributed by atoms with Crippen LogP contribution in [0.4, 0.5) is 0 Å². The van der Waals surface area contributed by atoms with E-state index in [1.807, 2.05) is 53.1 Å². The average Bonchev–Trinajstić information content (AvgIpc) is 2.94. The van der Waals surface area contributed by atoms with Crippen LogP contribution in [0, 0.1) is 0 Å². The Kier molecular flexibility index (Phi) is 5.11. The van der Waals surface area contributed by atoms with Gasteiger partial charge in [-0.25, -0.2) is 0 Å². The number of nitrogens with zero attached hydrogens (tertiary/aromatic N) is 1. The molecule has 1 aromatic heterocycles. The van der Waals surface area contributed by atoms with Crippen LogP contribution in [0.2, 0.25) is 5.02 Å². The highest BCUT2D eigenvalue weighted by molar-refractivity contribution is 7.99. The number of benzene rings is 1. The molecule has 1 aliphatic rings. The molecule has 22 heavy (non-hydrogen) atoms. The van der Waals surface area contributed by atoms with Crippen molar-refractivity contribution in [2.75, 3.05) is 18.8 Å². The van der Waals surface area contributed by atoms with Crippen LogP contribution in [0.3, 0.4) is 0 Å². The summed E-state index contributed by atoms with van der Waals surface area (Å²) >= 11 is 8.00. The van der Waals surface area contributed by atoms with E-state index < -0.39 is 0 Å². The van der Waals surface area contributed by atoms with Gasteiger partial charge in [0.15, 0.2) is 0 Å². The van der Waals surface area contributed by atoms with Crippen LogP contribution in [0.5, 0.6) is 0 Å². The Bertz CT molecular complexity index is 629. The molecule has 0 N–H and O–H groups in total. The summed E-state index contributed by atoms with van der Waals surface area (Å²) in [4.78, 5) is 14.4. The van der Waals surface area contributed by atoms with Crippen molar-refractivity contribution in [3.8, 4) is 0 Å². The van der Waals surface area contributed by atoms with Gasteiger partial charge in [-0.1, -0.05) is 29.8 Å². The van der Waals surface area contributed by atoms with Crippen LogP contribution in [0.1, 0.15) is 23.0 Å². The predicted molar refractivity (Wildman–Crippen MR) is 90.3 cm³/mol. The molecular formula is C17H18ClNO2S. The summed E-state index contributed by atoms with van der Waals surface area (Å²) in [5.74, 6) is 2.08. The molecule has 2 heterocycles. The fraction of sp³-hybridized carbons (Fsp3) is 0.353. The lowest BCUT2D eigenvalue weighted by Gasteiger charge is -2.20. The lowest BCUT2D eigenvalue weighted by atomic mass is 10.1.